The number of hydrogen-bond acceptors (Lipinski definition) is 4. The topological polar surface area (TPSA) is 68.2 Å². The highest BCUT2D eigenvalue weighted by Crippen LogP contribution is 2.17. The van der Waals surface area contributed by atoms with Crippen LogP contribution in [0.4, 0.5) is 5.69 Å². The van der Waals surface area contributed by atoms with Crippen LogP contribution in [0.1, 0.15) is 25.3 Å². The maximum atomic E-state index is 12.3. The van der Waals surface area contributed by atoms with Gasteiger partial charge in [0.25, 0.3) is 5.91 Å². The maximum Gasteiger partial charge on any atom is 0.266 e. The van der Waals surface area contributed by atoms with E-state index >= 15 is 0 Å². The molecular formula is C17H22N4O. The number of rotatable bonds is 4. The maximum absolute atomic E-state index is 12.3. The lowest BCUT2D eigenvalue weighted by Crippen LogP contribution is -2.46. The minimum atomic E-state index is -0.213. The number of piperazine rings is 1. The zero-order chi connectivity index (χ0) is 15.9. The third-order valence-electron chi connectivity index (χ3n) is 3.72. The van der Waals surface area contributed by atoms with Crippen LogP contribution in [0.15, 0.2) is 36.0 Å². The molecule has 0 spiro atoms. The number of nitriles is 1. The zero-order valence-corrected chi connectivity index (χ0v) is 13.1. The molecule has 22 heavy (non-hydrogen) atoms. The summed E-state index contributed by atoms with van der Waals surface area (Å²) in [6.45, 7) is 7.11. The van der Waals surface area contributed by atoms with Gasteiger partial charge in [0.05, 0.1) is 0 Å². The smallest absolute Gasteiger partial charge is 0.266 e. The lowest BCUT2D eigenvalue weighted by Gasteiger charge is -2.27. The van der Waals surface area contributed by atoms with E-state index < -0.39 is 0 Å². The van der Waals surface area contributed by atoms with Crippen molar-refractivity contribution in [1.29, 1.82) is 5.26 Å². The van der Waals surface area contributed by atoms with Gasteiger partial charge in [-0.2, -0.15) is 5.26 Å². The molecule has 1 aliphatic rings. The molecule has 2 N–H and O–H groups in total. The molecule has 0 unspecified atom stereocenters. The van der Waals surface area contributed by atoms with Gasteiger partial charge in [0.15, 0.2) is 0 Å². The number of carbonyl (C=O) groups excluding carboxylic acids is 1. The molecule has 0 aromatic heterocycles. The van der Waals surface area contributed by atoms with E-state index in [9.17, 15) is 10.1 Å². The summed E-state index contributed by atoms with van der Waals surface area (Å²) < 4.78 is 0. The molecule has 1 aliphatic heterocycles. The molecule has 0 radical (unpaired) electrons. The predicted molar refractivity (Wildman–Crippen MR) is 87.3 cm³/mol. The molecule has 5 heteroatoms. The fourth-order valence-corrected chi connectivity index (χ4v) is 2.30. The van der Waals surface area contributed by atoms with E-state index in [2.05, 4.69) is 24.5 Å². The number of nitrogens with one attached hydrogen (secondary N) is 2. The van der Waals surface area contributed by atoms with Gasteiger partial charge in [0.2, 0.25) is 0 Å². The van der Waals surface area contributed by atoms with Crippen molar-refractivity contribution in [3.63, 3.8) is 0 Å². The van der Waals surface area contributed by atoms with Gasteiger partial charge in [-0.15, -0.1) is 0 Å². The number of carbonyl (C=O) groups is 1. The van der Waals surface area contributed by atoms with Gasteiger partial charge in [0, 0.05) is 38.1 Å². The molecule has 1 heterocycles. The molecule has 1 fully saturated rings. The Balaban J connectivity index is 2.02. The molecule has 0 bridgehead atoms. The summed E-state index contributed by atoms with van der Waals surface area (Å²) in [7, 11) is 0. The summed E-state index contributed by atoms with van der Waals surface area (Å²) >= 11 is 0. The Morgan fingerprint density at radius 1 is 1.32 bits per heavy atom. The minimum absolute atomic E-state index is 0.134. The van der Waals surface area contributed by atoms with Gasteiger partial charge in [-0.1, -0.05) is 26.0 Å². The Hall–Kier alpha value is -2.32. The summed E-state index contributed by atoms with van der Waals surface area (Å²) in [4.78, 5) is 14.0. The highest BCUT2D eigenvalue weighted by Gasteiger charge is 2.19. The van der Waals surface area contributed by atoms with Crippen molar-refractivity contribution in [3.8, 4) is 6.07 Å². The Bertz CT molecular complexity index is 578. The van der Waals surface area contributed by atoms with Crippen LogP contribution in [0, 0.1) is 11.3 Å². The van der Waals surface area contributed by atoms with Crippen LogP contribution >= 0.6 is 0 Å². The standard InChI is InChI=1S/C17H22N4O/c1-13(2)14-3-5-16(6-4-14)20-12-15(11-18)17(22)21-9-7-19-8-10-21/h3-6,12-13,19-20H,7-10H2,1-2H3/b15-12-. The first kappa shape index (κ1) is 16.1. The van der Waals surface area contributed by atoms with Crippen LogP contribution in [0.25, 0.3) is 0 Å². The highest BCUT2D eigenvalue weighted by molar-refractivity contribution is 5.97. The third kappa shape index (κ3) is 4.09. The molecule has 1 aromatic rings. The minimum Gasteiger partial charge on any atom is -0.360 e. The second kappa shape index (κ2) is 7.62. The number of nitrogens with zero attached hydrogens (tertiary/aromatic N) is 2. The van der Waals surface area contributed by atoms with Crippen molar-refractivity contribution in [2.24, 2.45) is 0 Å². The molecule has 1 saturated heterocycles. The number of hydrogen-bond donors (Lipinski definition) is 2. The van der Waals surface area contributed by atoms with Crippen molar-refractivity contribution in [2.75, 3.05) is 31.5 Å². The van der Waals surface area contributed by atoms with Crippen molar-refractivity contribution in [1.82, 2.24) is 10.2 Å². The first-order chi connectivity index (χ1) is 10.6. The quantitative estimate of drug-likeness (QED) is 0.659. The largest absolute Gasteiger partial charge is 0.360 e. The lowest BCUT2D eigenvalue weighted by atomic mass is 10.0. The number of benzene rings is 1. The monoisotopic (exact) mass is 298 g/mol. The number of amides is 1. The van der Waals surface area contributed by atoms with Gasteiger partial charge in [0.1, 0.15) is 11.6 Å². The summed E-state index contributed by atoms with van der Waals surface area (Å²) in [6, 6.07) is 9.99. The van der Waals surface area contributed by atoms with Gasteiger partial charge in [-0.25, -0.2) is 0 Å². The summed E-state index contributed by atoms with van der Waals surface area (Å²) in [6.07, 6.45) is 1.49. The fourth-order valence-electron chi connectivity index (χ4n) is 2.30. The molecule has 1 amide bonds. The van der Waals surface area contributed by atoms with Crippen LogP contribution in [0.3, 0.4) is 0 Å². The summed E-state index contributed by atoms with van der Waals surface area (Å²) in [5.74, 6) is 0.267. The number of anilines is 1. The lowest BCUT2D eigenvalue weighted by molar-refractivity contribution is -0.127. The SMILES string of the molecule is CC(C)c1ccc(N/C=C(/C#N)C(=O)N2CCNCC2)cc1. The van der Waals surface area contributed by atoms with Crippen molar-refractivity contribution >= 4 is 11.6 Å². The average molecular weight is 298 g/mol. The molecule has 1 aromatic carbocycles. The summed E-state index contributed by atoms with van der Waals surface area (Å²) in [5, 5.41) is 15.4. The molecular weight excluding hydrogens is 276 g/mol. The Labute approximate surface area is 131 Å². The molecule has 116 valence electrons. The summed E-state index contributed by atoms with van der Waals surface area (Å²) in [5.41, 5.74) is 2.26. The van der Waals surface area contributed by atoms with Crippen molar-refractivity contribution in [3.05, 3.63) is 41.6 Å². The Morgan fingerprint density at radius 3 is 2.50 bits per heavy atom. The Kier molecular flexibility index (Phi) is 5.56. The molecule has 5 nitrogen and oxygen atoms in total. The van der Waals surface area contributed by atoms with Crippen LogP contribution in [-0.2, 0) is 4.79 Å². The molecule has 0 atom stereocenters. The predicted octanol–water partition coefficient (Wildman–Crippen LogP) is 2.06. The van der Waals surface area contributed by atoms with Gasteiger partial charge >= 0.3 is 0 Å². The molecule has 2 rings (SSSR count). The Morgan fingerprint density at radius 2 is 1.95 bits per heavy atom. The van der Waals surface area contributed by atoms with Crippen LogP contribution in [0.5, 0.6) is 0 Å². The van der Waals surface area contributed by atoms with E-state index in [0.29, 0.717) is 19.0 Å². The normalized spacial score (nSPS) is 15.5. The van der Waals surface area contributed by atoms with Gasteiger partial charge in [-0.3, -0.25) is 4.79 Å². The second-order valence-electron chi connectivity index (χ2n) is 5.63. The molecule has 0 saturated carbocycles. The zero-order valence-electron chi connectivity index (χ0n) is 13.1. The van der Waals surface area contributed by atoms with Gasteiger partial charge in [-0.05, 0) is 23.6 Å². The highest BCUT2D eigenvalue weighted by atomic mass is 16.2. The van der Waals surface area contributed by atoms with Crippen LogP contribution in [0.2, 0.25) is 0 Å². The van der Waals surface area contributed by atoms with Crippen molar-refractivity contribution < 1.29 is 4.79 Å². The first-order valence-electron chi connectivity index (χ1n) is 7.58. The van der Waals surface area contributed by atoms with E-state index in [4.69, 9.17) is 0 Å². The average Bonchev–Trinajstić information content (AvgIpc) is 2.56. The third-order valence-corrected chi connectivity index (χ3v) is 3.72. The van der Waals surface area contributed by atoms with E-state index in [1.165, 1.54) is 11.8 Å². The van der Waals surface area contributed by atoms with E-state index in [1.54, 1.807) is 4.90 Å². The van der Waals surface area contributed by atoms with E-state index in [1.807, 2.05) is 30.3 Å². The first-order valence-corrected chi connectivity index (χ1v) is 7.58. The molecule has 0 aliphatic carbocycles. The van der Waals surface area contributed by atoms with E-state index in [0.717, 1.165) is 18.8 Å². The van der Waals surface area contributed by atoms with E-state index in [-0.39, 0.29) is 11.5 Å². The second-order valence-corrected chi connectivity index (χ2v) is 5.63. The fraction of sp³-hybridized carbons (Fsp3) is 0.412. The van der Waals surface area contributed by atoms with Crippen molar-refractivity contribution in [2.45, 2.75) is 19.8 Å². The van der Waals surface area contributed by atoms with Gasteiger partial charge < -0.3 is 15.5 Å². The van der Waals surface area contributed by atoms with Crippen LogP contribution in [-0.4, -0.2) is 37.0 Å². The van der Waals surface area contributed by atoms with Crippen LogP contribution < -0.4 is 10.6 Å².